The number of benzene rings is 3. The predicted octanol–water partition coefficient (Wildman–Crippen LogP) is 4.01. The molecule has 5 rings (SSSR count). The third-order valence-corrected chi connectivity index (χ3v) is 4.43. The molecule has 0 bridgehead atoms. The van der Waals surface area contributed by atoms with Crippen LogP contribution in [0, 0.1) is 11.9 Å². The summed E-state index contributed by atoms with van der Waals surface area (Å²) < 4.78 is 26.0. The molecule has 6 heteroatoms. The quantitative estimate of drug-likeness (QED) is 0.289. The molecule has 3 aromatic carbocycles. The Balaban J connectivity index is 0.00000180. The average Bonchev–Trinajstić information content (AvgIpc) is 3.12. The van der Waals surface area contributed by atoms with Gasteiger partial charge in [-0.1, -0.05) is 36.4 Å². The number of hydrogen-bond acceptors (Lipinski definition) is 3. The molecule has 0 spiro atoms. The van der Waals surface area contributed by atoms with Crippen LogP contribution in [-0.4, -0.2) is 12.1 Å². The van der Waals surface area contributed by atoms with E-state index in [0.29, 0.717) is 22.5 Å². The van der Waals surface area contributed by atoms with Gasteiger partial charge < -0.3 is 14.3 Å². The summed E-state index contributed by atoms with van der Waals surface area (Å²) in [5.74, 6) is 0.788. The van der Waals surface area contributed by atoms with Crippen molar-refractivity contribution in [2.24, 2.45) is 0 Å². The number of halogens is 1. The monoisotopic (exact) mass is 533 g/mol. The molecular formula is C21H12BFIrNO2-. The zero-order valence-corrected chi connectivity index (χ0v) is 16.4. The molecule has 0 saturated heterocycles. The molecule has 3 nitrogen and oxygen atoms in total. The third-order valence-electron chi connectivity index (χ3n) is 4.43. The molecule has 0 saturated carbocycles. The summed E-state index contributed by atoms with van der Waals surface area (Å²) in [5.41, 5.74) is 1.77. The van der Waals surface area contributed by atoms with Crippen molar-refractivity contribution in [3.05, 3.63) is 84.8 Å². The molecule has 0 amide bonds. The predicted molar refractivity (Wildman–Crippen MR) is 99.1 cm³/mol. The van der Waals surface area contributed by atoms with Crippen molar-refractivity contribution in [2.45, 2.75) is 0 Å². The summed E-state index contributed by atoms with van der Waals surface area (Å²) in [6.07, 6.45) is 1.74. The van der Waals surface area contributed by atoms with Gasteiger partial charge in [0.25, 0.3) is 0 Å². The summed E-state index contributed by atoms with van der Waals surface area (Å²) in [4.78, 5) is 4.48. The Morgan fingerprint density at radius 3 is 2.41 bits per heavy atom. The van der Waals surface area contributed by atoms with Crippen LogP contribution >= 0.6 is 0 Å². The Hall–Kier alpha value is -2.69. The van der Waals surface area contributed by atoms with Gasteiger partial charge in [-0.2, -0.15) is 0 Å². The van der Waals surface area contributed by atoms with Crippen molar-refractivity contribution in [1.82, 2.24) is 4.98 Å². The number of aromatic nitrogens is 1. The Morgan fingerprint density at radius 2 is 1.63 bits per heavy atom. The second-order valence-corrected chi connectivity index (χ2v) is 6.05. The van der Waals surface area contributed by atoms with Gasteiger partial charge in [0.15, 0.2) is 0 Å². The van der Waals surface area contributed by atoms with Crippen molar-refractivity contribution in [2.75, 3.05) is 0 Å². The van der Waals surface area contributed by atoms with Crippen molar-refractivity contribution < 1.29 is 33.8 Å². The van der Waals surface area contributed by atoms with E-state index in [4.69, 9.17) is 9.31 Å². The van der Waals surface area contributed by atoms with Crippen LogP contribution in [0.15, 0.2) is 72.9 Å². The first-order valence-corrected chi connectivity index (χ1v) is 8.27. The van der Waals surface area contributed by atoms with E-state index in [1.54, 1.807) is 24.4 Å². The number of fused-ring (bicyclic) bond motifs is 2. The molecule has 0 fully saturated rings. The van der Waals surface area contributed by atoms with Gasteiger partial charge in [-0.05, 0) is 40.1 Å². The molecule has 0 N–H and O–H groups in total. The van der Waals surface area contributed by atoms with Crippen LogP contribution < -0.4 is 14.8 Å². The number of hydrogen-bond donors (Lipinski definition) is 0. The minimum Gasteiger partial charge on any atom is -0.520 e. The third kappa shape index (κ3) is 3.11. The minimum absolute atomic E-state index is 0. The molecule has 2 heterocycles. The number of nitrogens with zero attached hydrogens (tertiary/aromatic N) is 1. The van der Waals surface area contributed by atoms with Gasteiger partial charge in [0, 0.05) is 32.1 Å². The molecular weight excluding hydrogens is 520 g/mol. The second-order valence-electron chi connectivity index (χ2n) is 6.05. The van der Waals surface area contributed by atoms with Crippen molar-refractivity contribution in [1.29, 1.82) is 0 Å². The van der Waals surface area contributed by atoms with Crippen molar-refractivity contribution in [3.8, 4) is 22.8 Å². The maximum Gasteiger partial charge on any atom is 0.615 e. The Morgan fingerprint density at radius 1 is 0.926 bits per heavy atom. The molecule has 1 aromatic heterocycles. The normalized spacial score (nSPS) is 12.1. The number of rotatable bonds is 2. The van der Waals surface area contributed by atoms with E-state index in [-0.39, 0.29) is 20.1 Å². The Labute approximate surface area is 169 Å². The smallest absolute Gasteiger partial charge is 0.520 e. The van der Waals surface area contributed by atoms with Crippen LogP contribution in [0.4, 0.5) is 4.39 Å². The molecule has 0 atom stereocenters. The van der Waals surface area contributed by atoms with Gasteiger partial charge in [-0.25, -0.2) is 0 Å². The number of para-hydroxylation sites is 2. The van der Waals surface area contributed by atoms with Gasteiger partial charge in [-0.3, -0.25) is 4.39 Å². The zero-order chi connectivity index (χ0) is 17.5. The fourth-order valence-electron chi connectivity index (χ4n) is 3.17. The second kappa shape index (κ2) is 7.14. The minimum atomic E-state index is -0.823. The molecule has 27 heavy (non-hydrogen) atoms. The van der Waals surface area contributed by atoms with E-state index >= 15 is 0 Å². The summed E-state index contributed by atoms with van der Waals surface area (Å²) in [6, 6.07) is 23.2. The fraction of sp³-hybridized carbons (Fsp3) is 0. The van der Waals surface area contributed by atoms with E-state index < -0.39 is 12.9 Å². The molecule has 1 aliphatic heterocycles. The molecule has 1 aliphatic rings. The van der Waals surface area contributed by atoms with E-state index in [1.165, 1.54) is 6.07 Å². The van der Waals surface area contributed by atoms with E-state index in [2.05, 4.69) is 11.1 Å². The molecule has 133 valence electrons. The molecule has 1 radical (unpaired) electrons. The largest absolute Gasteiger partial charge is 0.615 e. The van der Waals surface area contributed by atoms with Gasteiger partial charge in [0.2, 0.25) is 0 Å². The number of pyridine rings is 1. The van der Waals surface area contributed by atoms with Crippen LogP contribution in [-0.2, 0) is 20.1 Å². The first kappa shape index (κ1) is 17.7. The molecule has 0 unspecified atom stereocenters. The van der Waals surface area contributed by atoms with Crippen LogP contribution in [0.25, 0.3) is 22.0 Å². The summed E-state index contributed by atoms with van der Waals surface area (Å²) in [7, 11) is -0.823. The first-order valence-electron chi connectivity index (χ1n) is 8.27. The maximum absolute atomic E-state index is 14.5. The van der Waals surface area contributed by atoms with Gasteiger partial charge in [0.05, 0.1) is 0 Å². The van der Waals surface area contributed by atoms with Crippen molar-refractivity contribution >= 4 is 23.4 Å². The van der Waals surface area contributed by atoms with E-state index in [1.807, 2.05) is 42.5 Å². The SMILES string of the molecule is Fc1c[c-]c(-c2nccc3ccccc23)cc1B1Oc2ccccc2O1.[Ir]. The van der Waals surface area contributed by atoms with Gasteiger partial charge in [0.1, 0.15) is 11.5 Å². The van der Waals surface area contributed by atoms with Crippen LogP contribution in [0.3, 0.4) is 0 Å². The summed E-state index contributed by atoms with van der Waals surface area (Å²) in [5, 5.41) is 2.05. The molecule has 0 aliphatic carbocycles. The topological polar surface area (TPSA) is 31.4 Å². The van der Waals surface area contributed by atoms with Gasteiger partial charge in [-0.15, -0.1) is 23.8 Å². The Kier molecular flexibility index (Phi) is 4.69. The van der Waals surface area contributed by atoms with Crippen LogP contribution in [0.2, 0.25) is 0 Å². The Bertz CT molecular complexity index is 1110. The first-order chi connectivity index (χ1) is 12.8. The van der Waals surface area contributed by atoms with Crippen molar-refractivity contribution in [3.63, 3.8) is 0 Å². The van der Waals surface area contributed by atoms with Crippen LogP contribution in [0.1, 0.15) is 0 Å². The van der Waals surface area contributed by atoms with E-state index in [0.717, 1.165) is 16.5 Å². The standard InChI is InChI=1S/C21H12BFNO2.Ir/c23-18-10-9-15(21-16-6-2-1-5-14(16)11-12-24-21)13-17(18)22-25-19-7-3-4-8-20(19)26-22;/h1-8,10-13H;/q-1;. The summed E-state index contributed by atoms with van der Waals surface area (Å²) in [6.45, 7) is 0. The maximum atomic E-state index is 14.5. The van der Waals surface area contributed by atoms with Crippen LogP contribution in [0.5, 0.6) is 11.5 Å². The average molecular weight is 532 g/mol. The van der Waals surface area contributed by atoms with Gasteiger partial charge >= 0.3 is 7.12 Å². The zero-order valence-electron chi connectivity index (χ0n) is 14.0. The fourth-order valence-corrected chi connectivity index (χ4v) is 3.17. The van der Waals surface area contributed by atoms with E-state index in [9.17, 15) is 4.39 Å². The molecule has 4 aromatic rings. The summed E-state index contributed by atoms with van der Waals surface area (Å²) >= 11 is 0.